The van der Waals surface area contributed by atoms with Gasteiger partial charge in [-0.05, 0) is 0 Å². The molecule has 25 heavy (non-hydrogen) atoms. The molecule has 0 fully saturated rings. The lowest BCUT2D eigenvalue weighted by molar-refractivity contribution is -0.419. The van der Waals surface area contributed by atoms with E-state index in [1.54, 1.807) is 0 Å². The monoisotopic (exact) mass is 398 g/mol. The molecular weight excluding hydrogens is 398 g/mol. The van der Waals surface area contributed by atoms with Crippen LogP contribution in [0.1, 0.15) is 11.1 Å². The standard InChI is InChI=1S/C11F14/c12-3-1-2(4(13)6(15)5(3)14)8(18,19)10(21,22)9(20,7(1,16)17)11(23,24)25. The zero-order valence-corrected chi connectivity index (χ0v) is 10.8. The second kappa shape index (κ2) is 4.69. The quantitative estimate of drug-likeness (QED) is 0.314. The van der Waals surface area contributed by atoms with Crippen molar-refractivity contribution in [1.82, 2.24) is 0 Å². The molecule has 0 N–H and O–H groups in total. The lowest BCUT2D eigenvalue weighted by atomic mass is 9.72. The predicted octanol–water partition coefficient (Wildman–Crippen LogP) is 5.35. The van der Waals surface area contributed by atoms with Crippen LogP contribution in [0.4, 0.5) is 61.5 Å². The Hall–Kier alpha value is -1.76. The molecule has 1 atom stereocenters. The van der Waals surface area contributed by atoms with Crippen molar-refractivity contribution in [3.63, 3.8) is 0 Å². The van der Waals surface area contributed by atoms with Crippen LogP contribution in [0.15, 0.2) is 0 Å². The van der Waals surface area contributed by atoms with E-state index in [1.807, 2.05) is 0 Å². The summed E-state index contributed by atoms with van der Waals surface area (Å²) in [5.41, 5.74) is -14.8. The Morgan fingerprint density at radius 1 is 0.520 bits per heavy atom. The average molecular weight is 398 g/mol. The Morgan fingerprint density at radius 2 is 0.840 bits per heavy atom. The maximum absolute atomic E-state index is 13.7. The molecular formula is C11F14. The van der Waals surface area contributed by atoms with Gasteiger partial charge in [0.05, 0.1) is 11.1 Å². The fourth-order valence-electron chi connectivity index (χ4n) is 2.32. The molecule has 2 rings (SSSR count). The van der Waals surface area contributed by atoms with Gasteiger partial charge in [-0.1, -0.05) is 0 Å². The van der Waals surface area contributed by atoms with Gasteiger partial charge in [0.25, 0.3) is 0 Å². The summed E-state index contributed by atoms with van der Waals surface area (Å²) in [6, 6.07) is 0. The molecule has 0 saturated heterocycles. The van der Waals surface area contributed by atoms with E-state index in [4.69, 9.17) is 0 Å². The smallest absolute Gasteiger partial charge is 0.219 e. The van der Waals surface area contributed by atoms with E-state index in [-0.39, 0.29) is 0 Å². The molecule has 0 radical (unpaired) electrons. The Morgan fingerprint density at radius 3 is 1.16 bits per heavy atom. The predicted molar refractivity (Wildman–Crippen MR) is 48.9 cm³/mol. The van der Waals surface area contributed by atoms with E-state index in [9.17, 15) is 61.5 Å². The number of halogens is 14. The summed E-state index contributed by atoms with van der Waals surface area (Å²) in [7, 11) is 0. The van der Waals surface area contributed by atoms with Gasteiger partial charge in [0, 0.05) is 0 Å². The molecule has 0 aromatic heterocycles. The summed E-state index contributed by atoms with van der Waals surface area (Å²) in [6.07, 6.45) is -7.45. The van der Waals surface area contributed by atoms with Crippen LogP contribution in [0.25, 0.3) is 0 Å². The molecule has 0 nitrogen and oxygen atoms in total. The Balaban J connectivity index is 3.17. The Labute approximate surface area is 127 Å². The van der Waals surface area contributed by atoms with Crippen molar-refractivity contribution >= 4 is 0 Å². The summed E-state index contributed by atoms with van der Waals surface area (Å²) in [5, 5.41) is 0. The minimum atomic E-state index is -7.46. The van der Waals surface area contributed by atoms with Crippen LogP contribution in [-0.4, -0.2) is 17.8 Å². The zero-order valence-electron chi connectivity index (χ0n) is 10.8. The molecule has 0 saturated carbocycles. The van der Waals surface area contributed by atoms with E-state index in [0.717, 1.165) is 0 Å². The van der Waals surface area contributed by atoms with Crippen molar-refractivity contribution in [2.45, 2.75) is 29.6 Å². The molecule has 0 bridgehead atoms. The van der Waals surface area contributed by atoms with Crippen molar-refractivity contribution < 1.29 is 61.5 Å². The summed E-state index contributed by atoms with van der Waals surface area (Å²) in [6.45, 7) is 0. The second-order valence-electron chi connectivity index (χ2n) is 4.89. The number of hydrogen-bond donors (Lipinski definition) is 0. The number of fused-ring (bicyclic) bond motifs is 1. The number of benzene rings is 1. The second-order valence-corrected chi connectivity index (χ2v) is 4.89. The molecule has 0 spiro atoms. The van der Waals surface area contributed by atoms with Crippen LogP contribution in [-0.2, 0) is 11.8 Å². The third-order valence-electron chi connectivity index (χ3n) is 3.55. The van der Waals surface area contributed by atoms with Crippen LogP contribution < -0.4 is 0 Å². The van der Waals surface area contributed by atoms with E-state index in [1.165, 1.54) is 0 Å². The van der Waals surface area contributed by atoms with Gasteiger partial charge in [0.2, 0.25) is 0 Å². The third kappa shape index (κ3) is 1.85. The van der Waals surface area contributed by atoms with E-state index in [2.05, 4.69) is 0 Å². The molecule has 0 heterocycles. The minimum absolute atomic E-state index is 3.28. The van der Waals surface area contributed by atoms with Gasteiger partial charge in [0.1, 0.15) is 0 Å². The molecule has 0 aliphatic heterocycles. The highest BCUT2D eigenvalue weighted by molar-refractivity contribution is 5.47. The summed E-state index contributed by atoms with van der Waals surface area (Å²) >= 11 is 0. The normalized spacial score (nSPS) is 27.1. The number of hydrogen-bond acceptors (Lipinski definition) is 0. The highest BCUT2D eigenvalue weighted by atomic mass is 19.4. The molecule has 14 heteroatoms. The highest BCUT2D eigenvalue weighted by Crippen LogP contribution is 2.69. The van der Waals surface area contributed by atoms with Gasteiger partial charge in [-0.25, -0.2) is 22.0 Å². The molecule has 1 aliphatic carbocycles. The van der Waals surface area contributed by atoms with Gasteiger partial charge in [-0.3, -0.25) is 0 Å². The van der Waals surface area contributed by atoms with Crippen LogP contribution >= 0.6 is 0 Å². The van der Waals surface area contributed by atoms with Crippen molar-refractivity contribution in [2.75, 3.05) is 0 Å². The van der Waals surface area contributed by atoms with Crippen LogP contribution in [0, 0.1) is 23.3 Å². The molecule has 0 amide bonds. The number of rotatable bonds is 0. The molecule has 1 unspecified atom stereocenters. The molecule has 1 aromatic rings. The van der Waals surface area contributed by atoms with Crippen molar-refractivity contribution in [2.24, 2.45) is 0 Å². The zero-order chi connectivity index (χ0) is 20.0. The number of alkyl halides is 10. The largest absolute Gasteiger partial charge is 0.435 e. The first-order valence-electron chi connectivity index (χ1n) is 5.65. The van der Waals surface area contributed by atoms with Crippen LogP contribution in [0.2, 0.25) is 0 Å². The topological polar surface area (TPSA) is 0 Å². The lowest BCUT2D eigenvalue weighted by Gasteiger charge is -2.47. The van der Waals surface area contributed by atoms with Gasteiger partial charge >= 0.3 is 29.6 Å². The van der Waals surface area contributed by atoms with Crippen molar-refractivity contribution in [3.05, 3.63) is 34.4 Å². The first-order valence-corrected chi connectivity index (χ1v) is 5.65. The fraction of sp³-hybridized carbons (Fsp3) is 0.455. The first-order chi connectivity index (χ1) is 10.9. The van der Waals surface area contributed by atoms with E-state index >= 15 is 0 Å². The summed E-state index contributed by atoms with van der Waals surface area (Å²) < 4.78 is 185. The Kier molecular flexibility index (Phi) is 3.67. The minimum Gasteiger partial charge on any atom is -0.219 e. The Bertz CT molecular complexity index is 744. The summed E-state index contributed by atoms with van der Waals surface area (Å²) in [5.74, 6) is -34.8. The van der Waals surface area contributed by atoms with E-state index in [0.29, 0.717) is 0 Å². The molecule has 1 aliphatic rings. The first kappa shape index (κ1) is 19.6. The van der Waals surface area contributed by atoms with Crippen LogP contribution in [0.3, 0.4) is 0 Å². The highest BCUT2D eigenvalue weighted by Gasteiger charge is 2.93. The SMILES string of the molecule is Fc1c(F)c(F)c2c(c1F)C(F)(F)C(F)(F)C(F)(C(F)(F)F)C2(F)F. The molecule has 142 valence electrons. The maximum atomic E-state index is 13.7. The molecule has 1 aromatic carbocycles. The van der Waals surface area contributed by atoms with Crippen molar-refractivity contribution in [3.8, 4) is 0 Å². The van der Waals surface area contributed by atoms with Gasteiger partial charge in [-0.15, -0.1) is 0 Å². The van der Waals surface area contributed by atoms with Gasteiger partial charge < -0.3 is 0 Å². The van der Waals surface area contributed by atoms with Gasteiger partial charge in [-0.2, -0.15) is 39.5 Å². The van der Waals surface area contributed by atoms with E-state index < -0.39 is 64.0 Å². The fourth-order valence-corrected chi connectivity index (χ4v) is 2.32. The maximum Gasteiger partial charge on any atom is 0.435 e. The average Bonchev–Trinajstić information content (AvgIpc) is 2.44. The van der Waals surface area contributed by atoms with Crippen LogP contribution in [0.5, 0.6) is 0 Å². The van der Waals surface area contributed by atoms with Crippen molar-refractivity contribution in [1.29, 1.82) is 0 Å². The third-order valence-corrected chi connectivity index (χ3v) is 3.55. The summed E-state index contributed by atoms with van der Waals surface area (Å²) in [4.78, 5) is 0. The lowest BCUT2D eigenvalue weighted by Crippen LogP contribution is -2.72. The van der Waals surface area contributed by atoms with Gasteiger partial charge in [0.15, 0.2) is 23.3 Å².